The zero-order valence-corrected chi connectivity index (χ0v) is 14.6. The molecule has 23 heavy (non-hydrogen) atoms. The van der Waals surface area contributed by atoms with Gasteiger partial charge in [0.15, 0.2) is 5.16 Å². The first-order valence-electron chi connectivity index (χ1n) is 7.14. The first kappa shape index (κ1) is 17.4. The summed E-state index contributed by atoms with van der Waals surface area (Å²) in [6.07, 6.45) is 3.54. The molecule has 120 valence electrons. The van der Waals surface area contributed by atoms with E-state index in [1.165, 1.54) is 16.7 Å². The van der Waals surface area contributed by atoms with Crippen LogP contribution in [0.15, 0.2) is 35.7 Å². The summed E-state index contributed by atoms with van der Waals surface area (Å²) < 4.78 is 1.92. The van der Waals surface area contributed by atoms with Gasteiger partial charge in [0.05, 0.1) is 17.5 Å². The number of nitrogens with zero attached hydrogens (tertiary/aromatic N) is 4. The van der Waals surface area contributed by atoms with Crippen molar-refractivity contribution < 1.29 is 4.79 Å². The van der Waals surface area contributed by atoms with Gasteiger partial charge in [0, 0.05) is 24.0 Å². The van der Waals surface area contributed by atoms with E-state index in [4.69, 9.17) is 16.9 Å². The number of amides is 1. The van der Waals surface area contributed by atoms with E-state index < -0.39 is 0 Å². The van der Waals surface area contributed by atoms with Crippen LogP contribution in [0.4, 0.5) is 0 Å². The number of thioether (sulfide) groups is 1. The van der Waals surface area contributed by atoms with Gasteiger partial charge in [0.2, 0.25) is 5.91 Å². The molecule has 0 aliphatic carbocycles. The van der Waals surface area contributed by atoms with Crippen LogP contribution < -0.4 is 0 Å². The minimum atomic E-state index is -0.0728. The van der Waals surface area contributed by atoms with Crippen LogP contribution in [0.5, 0.6) is 0 Å². The van der Waals surface area contributed by atoms with Crippen LogP contribution in [-0.4, -0.2) is 39.2 Å². The predicted octanol–water partition coefficient (Wildman–Crippen LogP) is 3.30. The zero-order chi connectivity index (χ0) is 16.8. The van der Waals surface area contributed by atoms with Crippen LogP contribution in [-0.2, 0) is 4.79 Å². The van der Waals surface area contributed by atoms with Crippen molar-refractivity contribution in [3.8, 4) is 11.8 Å². The Balaban J connectivity index is 2.15. The quantitative estimate of drug-likeness (QED) is 0.593. The summed E-state index contributed by atoms with van der Waals surface area (Å²) in [5.41, 5.74) is 1.90. The molecule has 2 rings (SSSR count). The summed E-state index contributed by atoms with van der Waals surface area (Å²) in [7, 11) is 0. The van der Waals surface area contributed by atoms with Crippen molar-refractivity contribution >= 4 is 29.3 Å². The fourth-order valence-electron chi connectivity index (χ4n) is 2.12. The summed E-state index contributed by atoms with van der Waals surface area (Å²) >= 11 is 7.52. The highest BCUT2D eigenvalue weighted by atomic mass is 35.5. The van der Waals surface area contributed by atoms with Crippen molar-refractivity contribution in [3.63, 3.8) is 0 Å². The Morgan fingerprint density at radius 1 is 1.52 bits per heavy atom. The lowest BCUT2D eigenvalue weighted by molar-refractivity contribution is -0.127. The normalized spacial score (nSPS) is 10.3. The van der Waals surface area contributed by atoms with Crippen molar-refractivity contribution in [1.82, 2.24) is 14.5 Å². The predicted molar refractivity (Wildman–Crippen MR) is 91.9 cm³/mol. The van der Waals surface area contributed by atoms with E-state index in [1.807, 2.05) is 48.9 Å². The number of benzene rings is 1. The first-order chi connectivity index (χ1) is 11.1. The van der Waals surface area contributed by atoms with Crippen molar-refractivity contribution in [2.75, 3.05) is 18.8 Å². The molecule has 7 heteroatoms. The maximum atomic E-state index is 12.1. The summed E-state index contributed by atoms with van der Waals surface area (Å²) in [5, 5.41) is 10.1. The van der Waals surface area contributed by atoms with Gasteiger partial charge in [0.25, 0.3) is 0 Å². The van der Waals surface area contributed by atoms with Crippen molar-refractivity contribution in [3.05, 3.63) is 41.2 Å². The van der Waals surface area contributed by atoms with Gasteiger partial charge in [-0.3, -0.25) is 9.36 Å². The van der Waals surface area contributed by atoms with Crippen molar-refractivity contribution in [1.29, 1.82) is 5.26 Å². The molecule has 0 aliphatic heterocycles. The average molecular weight is 349 g/mol. The monoisotopic (exact) mass is 348 g/mol. The van der Waals surface area contributed by atoms with Crippen LogP contribution in [0.1, 0.15) is 12.5 Å². The molecule has 1 aromatic heterocycles. The van der Waals surface area contributed by atoms with Gasteiger partial charge < -0.3 is 4.90 Å². The molecule has 0 aliphatic rings. The van der Waals surface area contributed by atoms with E-state index in [1.54, 1.807) is 6.20 Å². The summed E-state index contributed by atoms with van der Waals surface area (Å²) in [5.74, 6) is 0.169. The van der Waals surface area contributed by atoms with Gasteiger partial charge in [-0.15, -0.1) is 0 Å². The Labute approximate surface area is 144 Å². The molecule has 2 aromatic rings. The third-order valence-corrected chi connectivity index (χ3v) is 4.79. The van der Waals surface area contributed by atoms with Crippen LogP contribution in [0, 0.1) is 18.3 Å². The number of aromatic nitrogens is 2. The van der Waals surface area contributed by atoms with Crippen LogP contribution in [0.2, 0.25) is 5.02 Å². The zero-order valence-electron chi connectivity index (χ0n) is 13.0. The number of nitriles is 1. The van der Waals surface area contributed by atoms with Gasteiger partial charge in [-0.1, -0.05) is 29.4 Å². The van der Waals surface area contributed by atoms with Gasteiger partial charge in [0.1, 0.15) is 6.54 Å². The number of imidazole rings is 1. The van der Waals surface area contributed by atoms with Gasteiger partial charge in [-0.05, 0) is 31.5 Å². The molecular weight excluding hydrogens is 332 g/mol. The molecule has 0 saturated carbocycles. The second-order valence-electron chi connectivity index (χ2n) is 4.82. The molecular formula is C16H17ClN4OS. The number of halogens is 1. The lowest BCUT2D eigenvalue weighted by Crippen LogP contribution is -2.32. The second kappa shape index (κ2) is 8.04. The Morgan fingerprint density at radius 3 is 3.00 bits per heavy atom. The summed E-state index contributed by atoms with van der Waals surface area (Å²) in [6, 6.07) is 7.69. The second-order valence-corrected chi connectivity index (χ2v) is 6.17. The first-order valence-corrected chi connectivity index (χ1v) is 8.51. The van der Waals surface area contributed by atoms with Crippen molar-refractivity contribution in [2.24, 2.45) is 0 Å². The highest BCUT2D eigenvalue weighted by molar-refractivity contribution is 7.99. The van der Waals surface area contributed by atoms with E-state index in [2.05, 4.69) is 4.98 Å². The van der Waals surface area contributed by atoms with Crippen LogP contribution in [0.3, 0.4) is 0 Å². The maximum absolute atomic E-state index is 12.1. The lowest BCUT2D eigenvalue weighted by atomic mass is 10.2. The fraction of sp³-hybridized carbons (Fsp3) is 0.312. The average Bonchev–Trinajstić information content (AvgIpc) is 3.01. The third-order valence-electron chi connectivity index (χ3n) is 3.43. The highest BCUT2D eigenvalue weighted by Gasteiger charge is 2.15. The number of carbonyl (C=O) groups excluding carboxylic acids is 1. The largest absolute Gasteiger partial charge is 0.329 e. The van der Waals surface area contributed by atoms with Crippen LogP contribution >= 0.6 is 23.4 Å². The number of carbonyl (C=O) groups is 1. The number of hydrogen-bond acceptors (Lipinski definition) is 4. The Kier molecular flexibility index (Phi) is 6.08. The van der Waals surface area contributed by atoms with E-state index in [-0.39, 0.29) is 18.2 Å². The maximum Gasteiger partial charge on any atom is 0.233 e. The minimum Gasteiger partial charge on any atom is -0.329 e. The topological polar surface area (TPSA) is 61.9 Å². The van der Waals surface area contributed by atoms with E-state index in [0.29, 0.717) is 11.6 Å². The smallest absolute Gasteiger partial charge is 0.233 e. The molecule has 0 saturated heterocycles. The van der Waals surface area contributed by atoms with E-state index >= 15 is 0 Å². The van der Waals surface area contributed by atoms with E-state index in [0.717, 1.165) is 16.4 Å². The molecule has 5 nitrogen and oxygen atoms in total. The Hall–Kier alpha value is -1.97. The molecule has 0 unspecified atom stereocenters. The molecule has 0 spiro atoms. The summed E-state index contributed by atoms with van der Waals surface area (Å²) in [6.45, 7) is 4.44. The molecule has 0 atom stereocenters. The van der Waals surface area contributed by atoms with Gasteiger partial charge in [-0.2, -0.15) is 5.26 Å². The molecule has 1 amide bonds. The molecule has 0 radical (unpaired) electrons. The molecule has 0 N–H and O–H groups in total. The van der Waals surface area contributed by atoms with Crippen LogP contribution in [0.25, 0.3) is 5.69 Å². The molecule has 0 bridgehead atoms. The lowest BCUT2D eigenvalue weighted by Gasteiger charge is -2.17. The number of rotatable bonds is 6. The Morgan fingerprint density at radius 2 is 2.30 bits per heavy atom. The highest BCUT2D eigenvalue weighted by Crippen LogP contribution is 2.26. The molecule has 1 aromatic carbocycles. The minimum absolute atomic E-state index is 0.0728. The van der Waals surface area contributed by atoms with E-state index in [9.17, 15) is 4.79 Å². The SMILES string of the molecule is CCN(CC#N)C(=O)CSc1nccn1-c1cccc(Cl)c1C. The summed E-state index contributed by atoms with van der Waals surface area (Å²) in [4.78, 5) is 18.0. The number of hydrogen-bond donors (Lipinski definition) is 0. The van der Waals surface area contributed by atoms with Gasteiger partial charge in [-0.25, -0.2) is 4.98 Å². The fourth-order valence-corrected chi connectivity index (χ4v) is 3.15. The van der Waals surface area contributed by atoms with Gasteiger partial charge >= 0.3 is 0 Å². The standard InChI is InChI=1S/C16H17ClN4OS/c1-3-20(9-7-18)15(22)11-23-16-19-8-10-21(16)14-6-4-5-13(17)12(14)2/h4-6,8,10H,3,9,11H2,1-2H3. The Bertz CT molecular complexity index is 738. The molecule has 1 heterocycles. The molecule has 0 fully saturated rings. The van der Waals surface area contributed by atoms with Crippen molar-refractivity contribution in [2.45, 2.75) is 19.0 Å². The third kappa shape index (κ3) is 4.06.